The summed E-state index contributed by atoms with van der Waals surface area (Å²) in [5.41, 5.74) is 0.722. The van der Waals surface area contributed by atoms with Crippen LogP contribution in [0.4, 0.5) is 0 Å². The maximum atomic E-state index is 11.6. The molecule has 0 bridgehead atoms. The van der Waals surface area contributed by atoms with Gasteiger partial charge in [0.25, 0.3) is 0 Å². The minimum Gasteiger partial charge on any atom is -0.459 e. The molecule has 0 amide bonds. The first-order valence-corrected chi connectivity index (χ1v) is 7.89. The second kappa shape index (κ2) is 8.27. The summed E-state index contributed by atoms with van der Waals surface area (Å²) in [6, 6.07) is 3.98. The van der Waals surface area contributed by atoms with Gasteiger partial charge >= 0.3 is 5.97 Å². The van der Waals surface area contributed by atoms with E-state index in [0.29, 0.717) is 0 Å². The first-order chi connectivity index (χ1) is 9.40. The van der Waals surface area contributed by atoms with Gasteiger partial charge in [0.1, 0.15) is 5.60 Å². The summed E-state index contributed by atoms with van der Waals surface area (Å²) >= 11 is 1.40. The quantitative estimate of drug-likeness (QED) is 0.476. The topological polar surface area (TPSA) is 51.2 Å². The van der Waals surface area contributed by atoms with Crippen molar-refractivity contribution in [3.8, 4) is 0 Å². The van der Waals surface area contributed by atoms with Gasteiger partial charge in [0.05, 0.1) is 10.8 Å². The molecule has 112 valence electrons. The molecule has 0 aliphatic rings. The maximum absolute atomic E-state index is 11.6. The molecule has 1 rings (SSSR count). The van der Waals surface area contributed by atoms with Crippen molar-refractivity contribution >= 4 is 17.7 Å². The highest BCUT2D eigenvalue weighted by Crippen LogP contribution is 2.17. The fourth-order valence-electron chi connectivity index (χ4n) is 1.51. The zero-order valence-electron chi connectivity index (χ0n) is 12.7. The summed E-state index contributed by atoms with van der Waals surface area (Å²) in [6.07, 6.45) is 2.97. The van der Waals surface area contributed by atoms with Gasteiger partial charge in [0, 0.05) is 12.7 Å². The van der Waals surface area contributed by atoms with Crippen LogP contribution >= 0.6 is 11.8 Å². The van der Waals surface area contributed by atoms with Crippen molar-refractivity contribution in [1.29, 1.82) is 0 Å². The van der Waals surface area contributed by atoms with Crippen molar-refractivity contribution in [1.82, 2.24) is 10.3 Å². The molecule has 5 heteroatoms. The van der Waals surface area contributed by atoms with Crippen LogP contribution in [0.2, 0.25) is 0 Å². The van der Waals surface area contributed by atoms with Crippen LogP contribution in [0.25, 0.3) is 0 Å². The highest BCUT2D eigenvalue weighted by Gasteiger charge is 2.16. The number of carbonyl (C=O) groups excluding carboxylic acids is 1. The van der Waals surface area contributed by atoms with Gasteiger partial charge in [-0.25, -0.2) is 4.98 Å². The predicted octanol–water partition coefficient (Wildman–Crippen LogP) is 3.02. The van der Waals surface area contributed by atoms with Gasteiger partial charge in [0.2, 0.25) is 0 Å². The lowest BCUT2D eigenvalue weighted by Crippen LogP contribution is -2.24. The standard InChI is InChI=1S/C15H24N2O2S/c1-5-8-16-9-12-6-7-13(17-10-12)20-11-14(18)19-15(2,3)4/h6-7,10,16H,5,8-9,11H2,1-4H3. The highest BCUT2D eigenvalue weighted by molar-refractivity contribution is 7.99. The third kappa shape index (κ3) is 7.50. The van der Waals surface area contributed by atoms with Gasteiger partial charge in [0.15, 0.2) is 0 Å². The molecule has 1 aromatic rings. The third-order valence-corrected chi connectivity index (χ3v) is 3.23. The Morgan fingerprint density at radius 2 is 2.15 bits per heavy atom. The summed E-state index contributed by atoms with van der Waals surface area (Å²) in [7, 11) is 0. The number of aromatic nitrogens is 1. The van der Waals surface area contributed by atoms with Crippen LogP contribution in [0.1, 0.15) is 39.7 Å². The molecule has 0 saturated carbocycles. The number of esters is 1. The Kier molecular flexibility index (Phi) is 7.02. The minimum atomic E-state index is -0.431. The molecule has 0 atom stereocenters. The van der Waals surface area contributed by atoms with Gasteiger partial charge < -0.3 is 10.1 Å². The average molecular weight is 296 g/mol. The summed E-state index contributed by atoms with van der Waals surface area (Å²) in [6.45, 7) is 9.58. The normalized spacial score (nSPS) is 11.4. The summed E-state index contributed by atoms with van der Waals surface area (Å²) < 4.78 is 5.25. The van der Waals surface area contributed by atoms with Crippen LogP contribution in [0.3, 0.4) is 0 Å². The predicted molar refractivity (Wildman–Crippen MR) is 82.8 cm³/mol. The van der Waals surface area contributed by atoms with E-state index in [4.69, 9.17) is 4.74 Å². The van der Waals surface area contributed by atoms with E-state index in [2.05, 4.69) is 17.2 Å². The van der Waals surface area contributed by atoms with Crippen molar-refractivity contribution in [2.75, 3.05) is 12.3 Å². The van der Waals surface area contributed by atoms with Crippen LogP contribution < -0.4 is 5.32 Å². The number of hydrogen-bond donors (Lipinski definition) is 1. The van der Waals surface area contributed by atoms with Crippen LogP contribution in [-0.2, 0) is 16.1 Å². The fraction of sp³-hybridized carbons (Fsp3) is 0.600. The summed E-state index contributed by atoms with van der Waals surface area (Å²) in [5, 5.41) is 4.17. The first-order valence-electron chi connectivity index (χ1n) is 6.91. The van der Waals surface area contributed by atoms with Crippen LogP contribution in [0.15, 0.2) is 23.4 Å². The molecule has 0 aliphatic carbocycles. The van der Waals surface area contributed by atoms with Crippen LogP contribution in [0, 0.1) is 0 Å². The monoisotopic (exact) mass is 296 g/mol. The average Bonchev–Trinajstić information content (AvgIpc) is 2.36. The SMILES string of the molecule is CCCNCc1ccc(SCC(=O)OC(C)(C)C)nc1. The number of nitrogens with one attached hydrogen (secondary N) is 1. The number of hydrogen-bond acceptors (Lipinski definition) is 5. The van der Waals surface area contributed by atoms with Crippen molar-refractivity contribution in [2.45, 2.75) is 51.3 Å². The van der Waals surface area contributed by atoms with Crippen molar-refractivity contribution in [3.05, 3.63) is 23.9 Å². The molecule has 20 heavy (non-hydrogen) atoms. The lowest BCUT2D eigenvalue weighted by Gasteiger charge is -2.19. The number of ether oxygens (including phenoxy) is 1. The van der Waals surface area contributed by atoms with Crippen LogP contribution in [-0.4, -0.2) is 28.9 Å². The molecule has 4 nitrogen and oxygen atoms in total. The van der Waals surface area contributed by atoms with Gasteiger partial charge in [-0.3, -0.25) is 4.79 Å². The molecule has 0 aliphatic heterocycles. The lowest BCUT2D eigenvalue weighted by molar-refractivity contribution is -0.151. The van der Waals surface area contributed by atoms with E-state index in [9.17, 15) is 4.79 Å². The van der Waals surface area contributed by atoms with E-state index in [1.54, 1.807) is 0 Å². The highest BCUT2D eigenvalue weighted by atomic mass is 32.2. The van der Waals surface area contributed by atoms with E-state index in [1.807, 2.05) is 39.1 Å². The van der Waals surface area contributed by atoms with Gasteiger partial charge in [-0.2, -0.15) is 0 Å². The number of thioether (sulfide) groups is 1. The molecule has 0 fully saturated rings. The van der Waals surface area contributed by atoms with E-state index in [0.717, 1.165) is 30.1 Å². The maximum Gasteiger partial charge on any atom is 0.316 e. The first kappa shape index (κ1) is 17.0. The fourth-order valence-corrected chi connectivity index (χ4v) is 2.13. The van der Waals surface area contributed by atoms with E-state index >= 15 is 0 Å². The van der Waals surface area contributed by atoms with E-state index < -0.39 is 5.60 Å². The molecule has 1 N–H and O–H groups in total. The molecule has 1 aromatic heterocycles. The van der Waals surface area contributed by atoms with Crippen LogP contribution in [0.5, 0.6) is 0 Å². The minimum absolute atomic E-state index is 0.210. The Morgan fingerprint density at radius 3 is 2.70 bits per heavy atom. The third-order valence-electron chi connectivity index (χ3n) is 2.31. The second-order valence-electron chi connectivity index (χ2n) is 5.56. The Balaban J connectivity index is 2.36. The second-order valence-corrected chi connectivity index (χ2v) is 6.55. The van der Waals surface area contributed by atoms with Gasteiger partial charge in [-0.05, 0) is 45.4 Å². The summed E-state index contributed by atoms with van der Waals surface area (Å²) in [4.78, 5) is 15.9. The zero-order valence-corrected chi connectivity index (χ0v) is 13.5. The van der Waals surface area contributed by atoms with Crippen molar-refractivity contribution in [3.63, 3.8) is 0 Å². The van der Waals surface area contributed by atoms with Gasteiger partial charge in [-0.1, -0.05) is 24.8 Å². The Labute approximate surface area is 125 Å². The Hall–Kier alpha value is -1.07. The van der Waals surface area contributed by atoms with E-state index in [1.165, 1.54) is 11.8 Å². The number of carbonyl (C=O) groups is 1. The van der Waals surface area contributed by atoms with Gasteiger partial charge in [-0.15, -0.1) is 0 Å². The molecular weight excluding hydrogens is 272 g/mol. The Morgan fingerprint density at radius 1 is 1.40 bits per heavy atom. The molecule has 1 heterocycles. The molecule has 0 aromatic carbocycles. The number of rotatable bonds is 7. The molecule has 0 spiro atoms. The molecule has 0 saturated heterocycles. The van der Waals surface area contributed by atoms with Crippen molar-refractivity contribution in [2.24, 2.45) is 0 Å². The molecule has 0 unspecified atom stereocenters. The largest absolute Gasteiger partial charge is 0.459 e. The van der Waals surface area contributed by atoms with E-state index in [-0.39, 0.29) is 11.7 Å². The summed E-state index contributed by atoms with van der Waals surface area (Å²) in [5.74, 6) is 0.0792. The number of nitrogens with zero attached hydrogens (tertiary/aromatic N) is 1. The molecular formula is C15H24N2O2S. The van der Waals surface area contributed by atoms with Crippen molar-refractivity contribution < 1.29 is 9.53 Å². The number of pyridine rings is 1. The molecule has 0 radical (unpaired) electrons. The zero-order chi connectivity index (χ0) is 15.0. The lowest BCUT2D eigenvalue weighted by atomic mass is 10.2. The smallest absolute Gasteiger partial charge is 0.316 e. The Bertz CT molecular complexity index is 413.